The first-order valence-electron chi connectivity index (χ1n) is 34.6. The molecule has 22 aromatic rings. The summed E-state index contributed by atoms with van der Waals surface area (Å²) >= 11 is 5.57. The number of nitrogens with zero attached hydrogens (tertiary/aromatic N) is 5. The predicted molar refractivity (Wildman–Crippen MR) is 436 cm³/mol. The third kappa shape index (κ3) is 9.00. The van der Waals surface area contributed by atoms with Crippen LogP contribution in [0.2, 0.25) is 0 Å². The van der Waals surface area contributed by atoms with Gasteiger partial charge in [0.05, 0.1) is 44.5 Å². The molecule has 0 fully saturated rings. The summed E-state index contributed by atoms with van der Waals surface area (Å²) in [4.78, 5) is 11.1. The quantitative estimate of drug-likeness (QED) is 0.144. The van der Waals surface area contributed by atoms with Crippen molar-refractivity contribution in [1.29, 1.82) is 0 Å². The Morgan fingerprint density at radius 2 is 0.480 bits per heavy atom. The minimum absolute atomic E-state index is 0.647. The van der Waals surface area contributed by atoms with Crippen molar-refractivity contribution in [2.45, 2.75) is 0 Å². The highest BCUT2D eigenvalue weighted by atomic mass is 32.1. The van der Waals surface area contributed by atoms with Crippen LogP contribution in [-0.4, -0.2) is 23.7 Å². The van der Waals surface area contributed by atoms with Gasteiger partial charge in [-0.15, -0.1) is 34.0 Å². The van der Waals surface area contributed by atoms with E-state index in [1.807, 2.05) is 34.0 Å². The molecule has 7 aromatic heterocycles. The second kappa shape index (κ2) is 22.5. The van der Waals surface area contributed by atoms with E-state index in [1.165, 1.54) is 126 Å². The van der Waals surface area contributed by atoms with Gasteiger partial charge in [-0.25, -0.2) is 9.97 Å². The van der Waals surface area contributed by atoms with E-state index in [2.05, 4.69) is 347 Å². The van der Waals surface area contributed by atoms with Gasteiger partial charge in [0, 0.05) is 127 Å². The SMILES string of the molecule is c1cc(-c2cc(-c3ccc(-n4c5ccccc5c5cc(-c6ccc7sc8ccccc8c7c6)ccc54)cc3)nc(-c3ccc(-n4c5ccccc5c5cc(-c6ccc7sc8ccccc8c7c6)ccc54)cc3)n2)cc(-n2c3ccccc3c3cc(-c4ccc5sc6ccccc6c5c4)ccc32)c1. The van der Waals surface area contributed by atoms with E-state index in [0.29, 0.717) is 5.82 Å². The van der Waals surface area contributed by atoms with Gasteiger partial charge in [0.25, 0.3) is 0 Å². The molecule has 102 heavy (non-hydrogen) atoms. The van der Waals surface area contributed by atoms with Gasteiger partial charge in [0.2, 0.25) is 0 Å². The van der Waals surface area contributed by atoms with Gasteiger partial charge in [-0.3, -0.25) is 0 Å². The van der Waals surface area contributed by atoms with E-state index in [-0.39, 0.29) is 0 Å². The largest absolute Gasteiger partial charge is 0.309 e. The second-order valence-corrected chi connectivity index (χ2v) is 30.0. The Morgan fingerprint density at radius 3 is 0.892 bits per heavy atom. The van der Waals surface area contributed by atoms with E-state index < -0.39 is 0 Å². The molecule has 474 valence electrons. The van der Waals surface area contributed by atoms with Crippen molar-refractivity contribution >= 4 is 160 Å². The number of para-hydroxylation sites is 3. The maximum absolute atomic E-state index is 5.54. The number of benzene rings is 15. The van der Waals surface area contributed by atoms with E-state index in [9.17, 15) is 0 Å². The zero-order valence-electron chi connectivity index (χ0n) is 54.7. The summed E-state index contributed by atoms with van der Waals surface area (Å²) in [6.45, 7) is 0. The molecule has 5 nitrogen and oxygen atoms in total. The fourth-order valence-corrected chi connectivity index (χ4v) is 19.5. The number of hydrogen-bond acceptors (Lipinski definition) is 5. The lowest BCUT2D eigenvalue weighted by atomic mass is 10.0. The van der Waals surface area contributed by atoms with Gasteiger partial charge in [0.15, 0.2) is 5.82 Å². The summed E-state index contributed by atoms with van der Waals surface area (Å²) in [5.74, 6) is 0.647. The molecule has 0 aliphatic rings. The van der Waals surface area contributed by atoms with Gasteiger partial charge in [0.1, 0.15) is 0 Å². The van der Waals surface area contributed by atoms with Crippen molar-refractivity contribution in [1.82, 2.24) is 23.7 Å². The molecular weight excluding hydrogens is 1300 g/mol. The third-order valence-electron chi connectivity index (χ3n) is 21.1. The van der Waals surface area contributed by atoms with Crippen LogP contribution in [-0.2, 0) is 0 Å². The summed E-state index contributed by atoms with van der Waals surface area (Å²) in [6, 6.07) is 123. The van der Waals surface area contributed by atoms with E-state index in [4.69, 9.17) is 9.97 Å². The molecule has 7 heterocycles. The minimum Gasteiger partial charge on any atom is -0.309 e. The van der Waals surface area contributed by atoms with Crippen LogP contribution < -0.4 is 0 Å². The van der Waals surface area contributed by atoms with Crippen LogP contribution in [0.1, 0.15) is 0 Å². The van der Waals surface area contributed by atoms with Crippen molar-refractivity contribution in [3.63, 3.8) is 0 Å². The lowest BCUT2D eigenvalue weighted by molar-refractivity contribution is 1.15. The molecule has 0 unspecified atom stereocenters. The molecule has 0 aliphatic carbocycles. The molecule has 0 aliphatic heterocycles. The second-order valence-electron chi connectivity index (χ2n) is 26.8. The Morgan fingerprint density at radius 1 is 0.176 bits per heavy atom. The number of aromatic nitrogens is 5. The average Bonchev–Trinajstić information content (AvgIpc) is 1.59. The molecule has 0 bridgehead atoms. The highest BCUT2D eigenvalue weighted by Gasteiger charge is 2.21. The van der Waals surface area contributed by atoms with Gasteiger partial charge < -0.3 is 13.7 Å². The van der Waals surface area contributed by atoms with Crippen LogP contribution in [0.5, 0.6) is 0 Å². The van der Waals surface area contributed by atoms with E-state index in [0.717, 1.165) is 78.2 Å². The fourth-order valence-electron chi connectivity index (χ4n) is 16.2. The molecular formula is C94H55N5S3. The van der Waals surface area contributed by atoms with Crippen molar-refractivity contribution in [2.24, 2.45) is 0 Å². The number of rotatable bonds is 9. The molecule has 0 N–H and O–H groups in total. The zero-order valence-corrected chi connectivity index (χ0v) is 57.2. The summed E-state index contributed by atoms with van der Waals surface area (Å²) < 4.78 is 15.1. The van der Waals surface area contributed by atoms with Crippen LogP contribution >= 0.6 is 34.0 Å². The Balaban J connectivity index is 0.656. The molecule has 8 heteroatoms. The monoisotopic (exact) mass is 1350 g/mol. The van der Waals surface area contributed by atoms with Gasteiger partial charge in [-0.1, -0.05) is 170 Å². The maximum Gasteiger partial charge on any atom is 0.160 e. The molecule has 22 rings (SSSR count). The molecule has 0 radical (unpaired) electrons. The zero-order chi connectivity index (χ0) is 66.7. The first-order chi connectivity index (χ1) is 50.5. The first-order valence-corrected chi connectivity index (χ1v) is 37.0. The number of fused-ring (bicyclic) bond motifs is 18. The molecule has 0 amide bonds. The van der Waals surface area contributed by atoms with Crippen LogP contribution in [0.3, 0.4) is 0 Å². The highest BCUT2D eigenvalue weighted by Crippen LogP contribution is 2.45. The van der Waals surface area contributed by atoms with E-state index >= 15 is 0 Å². The Hall–Kier alpha value is -12.6. The Labute approximate surface area is 597 Å². The highest BCUT2D eigenvalue weighted by molar-refractivity contribution is 7.26. The van der Waals surface area contributed by atoms with Crippen molar-refractivity contribution in [3.8, 4) is 84.3 Å². The van der Waals surface area contributed by atoms with E-state index in [1.54, 1.807) is 0 Å². The number of hydrogen-bond donors (Lipinski definition) is 0. The number of thiophene rings is 3. The normalized spacial score (nSPS) is 12.1. The van der Waals surface area contributed by atoms with Crippen LogP contribution in [0.4, 0.5) is 0 Å². The molecule has 0 saturated carbocycles. The topological polar surface area (TPSA) is 40.6 Å². The van der Waals surface area contributed by atoms with Crippen molar-refractivity contribution in [2.75, 3.05) is 0 Å². The standard InChI is InChI=1S/C94H55N5S3/c1-7-22-82-68(16-1)74-49-58(61-35-45-91-77(52-61)71-19-4-10-25-88(71)100-91)32-42-85(74)97(82)65-38-28-56(29-39-65)80-55-81(64-14-13-15-67(48-64)99-84-24-9-3-18-70(84)76-51-60(34-44-87(76)99)63-37-47-93-79(54-63)73-21-6-12-27-90(73)102-93)96-94(95-80)57-30-40-66(41-31-57)98-83-23-8-2-17-69(83)75-50-59(33-43-86(75)98)62-36-46-92-78(53-62)72-20-5-11-26-89(72)101-92/h1-55H. The third-order valence-corrected chi connectivity index (χ3v) is 24.5. The van der Waals surface area contributed by atoms with Gasteiger partial charge >= 0.3 is 0 Å². The summed E-state index contributed by atoms with van der Waals surface area (Å²) in [6.07, 6.45) is 0. The summed E-state index contributed by atoms with van der Waals surface area (Å²) in [5.41, 5.74) is 21.9. The molecule has 0 saturated heterocycles. The molecule has 0 spiro atoms. The van der Waals surface area contributed by atoms with Crippen molar-refractivity contribution < 1.29 is 0 Å². The Kier molecular flexibility index (Phi) is 12.6. The summed E-state index contributed by atoms with van der Waals surface area (Å²) in [7, 11) is 0. The van der Waals surface area contributed by atoms with Crippen LogP contribution in [0.15, 0.2) is 334 Å². The van der Waals surface area contributed by atoms with Crippen molar-refractivity contribution in [3.05, 3.63) is 334 Å². The molecule has 15 aromatic carbocycles. The fraction of sp³-hybridized carbons (Fsp3) is 0. The predicted octanol–water partition coefficient (Wildman–Crippen LogP) is 26.9. The van der Waals surface area contributed by atoms with Crippen LogP contribution in [0, 0.1) is 0 Å². The lowest BCUT2D eigenvalue weighted by Gasteiger charge is -2.14. The molecule has 0 atom stereocenters. The first kappa shape index (κ1) is 57.4. The minimum atomic E-state index is 0.647. The Bertz CT molecular complexity index is 6960. The van der Waals surface area contributed by atoms with Crippen LogP contribution in [0.25, 0.3) is 210 Å². The summed E-state index contributed by atoms with van der Waals surface area (Å²) in [5, 5.41) is 15.1. The lowest BCUT2D eigenvalue weighted by Crippen LogP contribution is -1.99. The van der Waals surface area contributed by atoms with Gasteiger partial charge in [-0.05, 0) is 197 Å². The smallest absolute Gasteiger partial charge is 0.160 e. The average molecular weight is 1350 g/mol. The maximum atomic E-state index is 5.54. The van der Waals surface area contributed by atoms with Gasteiger partial charge in [-0.2, -0.15) is 0 Å².